The van der Waals surface area contributed by atoms with Crippen molar-refractivity contribution in [2.24, 2.45) is 0 Å². The Hall–Kier alpha value is 0.709. The molecule has 0 rings (SSSR count). The molecular formula is C8H24BClN2Si2. The molecule has 0 aliphatic heterocycles. The van der Waals surface area contributed by atoms with Gasteiger partial charge in [-0.05, 0) is 14.1 Å². The minimum atomic E-state index is -1.33. The minimum absolute atomic E-state index is 0.0494. The lowest BCUT2D eigenvalue weighted by Gasteiger charge is -2.46. The van der Waals surface area contributed by atoms with Crippen LogP contribution in [-0.2, 0) is 0 Å². The van der Waals surface area contributed by atoms with Crippen LogP contribution in [0.4, 0.5) is 0 Å². The average Bonchev–Trinajstić information content (AvgIpc) is 1.79. The van der Waals surface area contributed by atoms with E-state index in [1.165, 1.54) is 0 Å². The van der Waals surface area contributed by atoms with Crippen LogP contribution >= 0.6 is 11.5 Å². The first-order valence-electron chi connectivity index (χ1n) is 5.08. The zero-order valence-corrected chi connectivity index (χ0v) is 13.6. The molecule has 0 N–H and O–H groups in total. The summed E-state index contributed by atoms with van der Waals surface area (Å²) in [6, 6.07) is 0. The van der Waals surface area contributed by atoms with Gasteiger partial charge in [-0.15, -0.1) is 11.5 Å². The summed E-state index contributed by atoms with van der Waals surface area (Å²) in [5, 5.41) is 0. The monoisotopic (exact) mass is 250 g/mol. The molecule has 0 amide bonds. The minimum Gasteiger partial charge on any atom is -0.359 e. The third-order valence-electron chi connectivity index (χ3n) is 2.08. The molecule has 0 aromatic rings. The molecule has 0 saturated carbocycles. The second-order valence-electron chi connectivity index (χ2n) is 5.99. The first-order chi connectivity index (χ1) is 5.98. The number of hydrogen-bond donors (Lipinski definition) is 0. The highest BCUT2D eigenvalue weighted by atomic mass is 35.5. The predicted molar refractivity (Wildman–Crippen MR) is 73.8 cm³/mol. The SMILES string of the molecule is CN(C)B(Cl)N([Si](C)(C)C)[Si](C)(C)C. The van der Waals surface area contributed by atoms with Crippen molar-refractivity contribution in [2.45, 2.75) is 39.3 Å². The third-order valence-corrected chi connectivity index (χ3v) is 10.4. The van der Waals surface area contributed by atoms with Gasteiger partial charge in [0.05, 0.1) is 0 Å². The van der Waals surface area contributed by atoms with E-state index < -0.39 is 16.5 Å². The van der Waals surface area contributed by atoms with Gasteiger partial charge < -0.3 is 8.95 Å². The van der Waals surface area contributed by atoms with Gasteiger partial charge in [0.1, 0.15) is 16.5 Å². The van der Waals surface area contributed by atoms with E-state index in [0.29, 0.717) is 0 Å². The molecule has 0 saturated heterocycles. The van der Waals surface area contributed by atoms with E-state index in [1.54, 1.807) is 0 Å². The normalized spacial score (nSPS) is 13.9. The predicted octanol–water partition coefficient (Wildman–Crippen LogP) is 2.74. The van der Waals surface area contributed by atoms with Crippen molar-refractivity contribution in [1.29, 1.82) is 0 Å². The van der Waals surface area contributed by atoms with Crippen LogP contribution in [0.5, 0.6) is 0 Å². The molecule has 0 radical (unpaired) electrons. The van der Waals surface area contributed by atoms with Gasteiger partial charge in [0.15, 0.2) is 0 Å². The van der Waals surface area contributed by atoms with Gasteiger partial charge in [-0.1, -0.05) is 39.3 Å². The molecule has 0 spiro atoms. The van der Waals surface area contributed by atoms with Crippen molar-refractivity contribution < 1.29 is 0 Å². The van der Waals surface area contributed by atoms with Gasteiger partial charge >= 0.3 is 6.40 Å². The molecule has 0 aliphatic rings. The summed E-state index contributed by atoms with van der Waals surface area (Å²) in [5.74, 6) is 0. The second-order valence-corrected chi connectivity index (χ2v) is 16.5. The Balaban J connectivity index is 4.94. The molecule has 0 atom stereocenters. The summed E-state index contributed by atoms with van der Waals surface area (Å²) >= 11 is 6.47. The van der Waals surface area contributed by atoms with Gasteiger partial charge in [-0.2, -0.15) is 0 Å². The average molecular weight is 251 g/mol. The molecule has 2 nitrogen and oxygen atoms in total. The number of hydrogen-bond acceptors (Lipinski definition) is 2. The molecule has 84 valence electrons. The highest BCUT2D eigenvalue weighted by Crippen LogP contribution is 2.23. The first-order valence-corrected chi connectivity index (χ1v) is 12.4. The lowest BCUT2D eigenvalue weighted by atomic mass is 10.1. The molecule has 0 aromatic heterocycles. The maximum Gasteiger partial charge on any atom is 0.405 e. The highest BCUT2D eigenvalue weighted by molar-refractivity contribution is 7.14. The van der Waals surface area contributed by atoms with E-state index in [2.05, 4.69) is 48.2 Å². The molecule has 0 aromatic carbocycles. The fraction of sp³-hybridized carbons (Fsp3) is 1.00. The quantitative estimate of drug-likeness (QED) is 0.708. The molecule has 0 aliphatic carbocycles. The maximum absolute atomic E-state index is 6.47. The first kappa shape index (κ1) is 14.7. The Morgan fingerprint density at radius 1 is 0.857 bits per heavy atom. The van der Waals surface area contributed by atoms with Crippen LogP contribution in [0.1, 0.15) is 0 Å². The Bertz CT molecular complexity index is 175. The number of halogens is 1. The van der Waals surface area contributed by atoms with Crippen molar-refractivity contribution in [2.75, 3.05) is 14.1 Å². The third kappa shape index (κ3) is 4.06. The van der Waals surface area contributed by atoms with Crippen LogP contribution in [0.15, 0.2) is 0 Å². The Morgan fingerprint density at radius 3 is 1.21 bits per heavy atom. The topological polar surface area (TPSA) is 6.48 Å². The van der Waals surface area contributed by atoms with E-state index in [1.807, 2.05) is 14.1 Å². The van der Waals surface area contributed by atoms with E-state index in [4.69, 9.17) is 11.5 Å². The fourth-order valence-electron chi connectivity index (χ4n) is 1.88. The van der Waals surface area contributed by atoms with E-state index >= 15 is 0 Å². The van der Waals surface area contributed by atoms with Crippen molar-refractivity contribution in [3.05, 3.63) is 0 Å². The summed E-state index contributed by atoms with van der Waals surface area (Å²) in [6.45, 7) is 14.2. The molecule has 6 heteroatoms. The molecule has 0 bridgehead atoms. The fourth-order valence-corrected chi connectivity index (χ4v) is 13.4. The van der Waals surface area contributed by atoms with E-state index in [-0.39, 0.29) is 6.40 Å². The maximum atomic E-state index is 6.47. The standard InChI is InChI=1S/C8H24BClN2Si2/c1-11(2)9(10)12(13(3,4)5)14(6,7)8/h1-8H3. The van der Waals surface area contributed by atoms with Crippen LogP contribution in [0.25, 0.3) is 0 Å². The Labute approximate surface area is 96.8 Å². The summed E-state index contributed by atoms with van der Waals surface area (Å²) < 4.78 is 2.58. The van der Waals surface area contributed by atoms with Gasteiger partial charge in [-0.25, -0.2) is 0 Å². The Morgan fingerprint density at radius 2 is 1.14 bits per heavy atom. The summed E-state index contributed by atoms with van der Waals surface area (Å²) in [6.07, 6.45) is 0.0494. The van der Waals surface area contributed by atoms with Crippen LogP contribution in [-0.4, -0.2) is 45.9 Å². The van der Waals surface area contributed by atoms with Gasteiger partial charge in [0.25, 0.3) is 0 Å². The van der Waals surface area contributed by atoms with Crippen molar-refractivity contribution >= 4 is 34.3 Å². The van der Waals surface area contributed by atoms with Gasteiger partial charge in [0.2, 0.25) is 0 Å². The zero-order chi connectivity index (χ0) is 11.7. The molecule has 14 heavy (non-hydrogen) atoms. The molecule has 0 heterocycles. The zero-order valence-electron chi connectivity index (χ0n) is 10.8. The summed E-state index contributed by atoms with van der Waals surface area (Å²) in [5.41, 5.74) is 0. The smallest absolute Gasteiger partial charge is 0.359 e. The molecule has 0 fully saturated rings. The highest BCUT2D eigenvalue weighted by Gasteiger charge is 2.41. The van der Waals surface area contributed by atoms with Gasteiger partial charge in [-0.3, -0.25) is 0 Å². The second kappa shape index (κ2) is 4.70. The van der Waals surface area contributed by atoms with Crippen LogP contribution < -0.4 is 0 Å². The van der Waals surface area contributed by atoms with E-state index in [0.717, 1.165) is 0 Å². The Kier molecular flexibility index (Phi) is 4.94. The van der Waals surface area contributed by atoms with E-state index in [9.17, 15) is 0 Å². The van der Waals surface area contributed by atoms with Crippen LogP contribution in [0.2, 0.25) is 39.3 Å². The number of nitrogens with zero attached hydrogens (tertiary/aromatic N) is 2. The van der Waals surface area contributed by atoms with Crippen molar-refractivity contribution in [3.8, 4) is 0 Å². The van der Waals surface area contributed by atoms with Crippen LogP contribution in [0, 0.1) is 0 Å². The lowest BCUT2D eigenvalue weighted by molar-refractivity contribution is 0.617. The van der Waals surface area contributed by atoms with Gasteiger partial charge in [0, 0.05) is 0 Å². The largest absolute Gasteiger partial charge is 0.405 e. The van der Waals surface area contributed by atoms with Crippen LogP contribution in [0.3, 0.4) is 0 Å². The summed E-state index contributed by atoms with van der Waals surface area (Å²) in [7, 11) is 1.44. The van der Waals surface area contributed by atoms with Crippen molar-refractivity contribution in [3.63, 3.8) is 0 Å². The number of rotatable bonds is 4. The lowest BCUT2D eigenvalue weighted by Crippen LogP contribution is -2.67. The van der Waals surface area contributed by atoms with Crippen molar-refractivity contribution in [1.82, 2.24) is 8.95 Å². The molecular weight excluding hydrogens is 227 g/mol. The molecule has 0 unspecified atom stereocenters. The summed E-state index contributed by atoms with van der Waals surface area (Å²) in [4.78, 5) is 2.10.